The predicted octanol–water partition coefficient (Wildman–Crippen LogP) is 3.85. The fourth-order valence-electron chi connectivity index (χ4n) is 3.51. The highest BCUT2D eigenvalue weighted by Crippen LogP contribution is 2.20. The molecule has 0 aliphatic carbocycles. The molecule has 0 radical (unpaired) electrons. The summed E-state index contributed by atoms with van der Waals surface area (Å²) in [5, 5.41) is 5.35. The number of halogens is 1. The molecule has 27 heavy (non-hydrogen) atoms. The number of morpholine rings is 1. The van der Waals surface area contributed by atoms with Crippen LogP contribution in [0.4, 0.5) is 0 Å². The van der Waals surface area contributed by atoms with Gasteiger partial charge in [-0.1, -0.05) is 29.8 Å². The van der Waals surface area contributed by atoms with Crippen LogP contribution in [-0.4, -0.2) is 45.9 Å². The Morgan fingerprint density at radius 2 is 1.93 bits per heavy atom. The molecule has 2 aromatic rings. The van der Waals surface area contributed by atoms with Crippen molar-refractivity contribution in [2.45, 2.75) is 46.4 Å². The van der Waals surface area contributed by atoms with Gasteiger partial charge in [-0.3, -0.25) is 9.48 Å². The Bertz CT molecular complexity index is 849. The van der Waals surface area contributed by atoms with Crippen LogP contribution in [0.3, 0.4) is 0 Å². The van der Waals surface area contributed by atoms with E-state index in [0.717, 1.165) is 27.5 Å². The molecule has 0 N–H and O–H groups in total. The summed E-state index contributed by atoms with van der Waals surface area (Å²) in [7, 11) is 0. The summed E-state index contributed by atoms with van der Waals surface area (Å²) in [6.45, 7) is 9.81. The van der Waals surface area contributed by atoms with E-state index < -0.39 is 0 Å². The second-order valence-electron chi connectivity index (χ2n) is 7.17. The molecular formula is C21H26ClN3O2. The van der Waals surface area contributed by atoms with Crippen LogP contribution in [0.15, 0.2) is 30.3 Å². The maximum Gasteiger partial charge on any atom is 0.246 e. The van der Waals surface area contributed by atoms with Crippen molar-refractivity contribution in [1.29, 1.82) is 0 Å². The summed E-state index contributed by atoms with van der Waals surface area (Å²) < 4.78 is 7.63. The first kappa shape index (κ1) is 19.6. The van der Waals surface area contributed by atoms with Gasteiger partial charge in [0.15, 0.2) is 0 Å². The topological polar surface area (TPSA) is 47.4 Å². The molecule has 2 atom stereocenters. The number of aromatic nitrogens is 2. The smallest absolute Gasteiger partial charge is 0.246 e. The van der Waals surface area contributed by atoms with Crippen molar-refractivity contribution in [3.05, 3.63) is 57.9 Å². The number of carbonyl (C=O) groups is 1. The van der Waals surface area contributed by atoms with E-state index in [4.69, 9.17) is 16.3 Å². The lowest BCUT2D eigenvalue weighted by Gasteiger charge is -2.34. The van der Waals surface area contributed by atoms with Gasteiger partial charge in [-0.15, -0.1) is 0 Å². The van der Waals surface area contributed by atoms with Crippen molar-refractivity contribution >= 4 is 23.6 Å². The van der Waals surface area contributed by atoms with E-state index in [1.165, 1.54) is 0 Å². The van der Waals surface area contributed by atoms with Gasteiger partial charge in [0.1, 0.15) is 0 Å². The molecule has 6 heteroatoms. The lowest BCUT2D eigenvalue weighted by Crippen LogP contribution is -2.47. The van der Waals surface area contributed by atoms with E-state index in [9.17, 15) is 4.79 Å². The number of rotatable bonds is 4. The number of amides is 1. The molecule has 1 aliphatic heterocycles. The van der Waals surface area contributed by atoms with Gasteiger partial charge in [-0.05, 0) is 45.4 Å². The summed E-state index contributed by atoms with van der Waals surface area (Å²) in [6.07, 6.45) is 3.64. The average Bonchev–Trinajstić information content (AvgIpc) is 2.87. The van der Waals surface area contributed by atoms with Gasteiger partial charge in [0, 0.05) is 35.4 Å². The van der Waals surface area contributed by atoms with Crippen LogP contribution < -0.4 is 0 Å². The molecular weight excluding hydrogens is 362 g/mol. The first-order valence-electron chi connectivity index (χ1n) is 9.25. The van der Waals surface area contributed by atoms with Crippen molar-refractivity contribution in [3.63, 3.8) is 0 Å². The first-order valence-corrected chi connectivity index (χ1v) is 9.62. The Morgan fingerprint density at radius 3 is 2.59 bits per heavy atom. The quantitative estimate of drug-likeness (QED) is 0.748. The molecule has 1 aliphatic rings. The summed E-state index contributed by atoms with van der Waals surface area (Å²) >= 11 is 6.27. The second kappa shape index (κ2) is 8.28. The highest BCUT2D eigenvalue weighted by atomic mass is 35.5. The van der Waals surface area contributed by atoms with E-state index >= 15 is 0 Å². The van der Waals surface area contributed by atoms with Gasteiger partial charge in [-0.2, -0.15) is 5.10 Å². The Labute approximate surface area is 165 Å². The van der Waals surface area contributed by atoms with Crippen molar-refractivity contribution < 1.29 is 9.53 Å². The third-order valence-electron chi connectivity index (χ3n) is 4.84. The number of ether oxygens (including phenoxy) is 1. The third kappa shape index (κ3) is 4.60. The summed E-state index contributed by atoms with van der Waals surface area (Å²) in [4.78, 5) is 14.4. The molecule has 0 bridgehead atoms. The van der Waals surface area contributed by atoms with Crippen LogP contribution in [-0.2, 0) is 16.1 Å². The van der Waals surface area contributed by atoms with Crippen LogP contribution >= 0.6 is 11.6 Å². The lowest BCUT2D eigenvalue weighted by atomic mass is 10.1. The van der Waals surface area contributed by atoms with Crippen molar-refractivity contribution in [2.75, 3.05) is 13.1 Å². The van der Waals surface area contributed by atoms with Gasteiger partial charge in [0.2, 0.25) is 5.91 Å². The van der Waals surface area contributed by atoms with Crippen LogP contribution in [0.25, 0.3) is 6.08 Å². The second-order valence-corrected chi connectivity index (χ2v) is 7.57. The summed E-state index contributed by atoms with van der Waals surface area (Å²) in [6, 6.07) is 7.77. The zero-order valence-corrected chi connectivity index (χ0v) is 17.0. The van der Waals surface area contributed by atoms with Crippen molar-refractivity contribution in [1.82, 2.24) is 14.7 Å². The zero-order valence-electron chi connectivity index (χ0n) is 16.3. The van der Waals surface area contributed by atoms with E-state index in [2.05, 4.69) is 5.10 Å². The molecule has 0 spiro atoms. The molecule has 1 fully saturated rings. The first-order chi connectivity index (χ1) is 12.8. The highest BCUT2D eigenvalue weighted by molar-refractivity contribution is 6.31. The van der Waals surface area contributed by atoms with Crippen LogP contribution in [0.5, 0.6) is 0 Å². The Hall–Kier alpha value is -2.11. The largest absolute Gasteiger partial charge is 0.372 e. The van der Waals surface area contributed by atoms with E-state index in [1.54, 1.807) is 6.08 Å². The van der Waals surface area contributed by atoms with Gasteiger partial charge in [-0.25, -0.2) is 0 Å². The molecule has 144 valence electrons. The fraction of sp³-hybridized carbons (Fsp3) is 0.429. The molecule has 3 rings (SSSR count). The lowest BCUT2D eigenvalue weighted by molar-refractivity contribution is -0.137. The highest BCUT2D eigenvalue weighted by Gasteiger charge is 2.24. The monoisotopic (exact) mass is 387 g/mol. The minimum atomic E-state index is 0.00894. The minimum absolute atomic E-state index is 0.00894. The van der Waals surface area contributed by atoms with Crippen LogP contribution in [0.1, 0.15) is 36.4 Å². The third-order valence-corrected chi connectivity index (χ3v) is 5.21. The molecule has 0 saturated carbocycles. The Morgan fingerprint density at radius 1 is 1.26 bits per heavy atom. The van der Waals surface area contributed by atoms with Crippen molar-refractivity contribution in [2.24, 2.45) is 0 Å². The molecule has 2 unspecified atom stereocenters. The number of carbonyl (C=O) groups excluding carboxylic acids is 1. The Balaban J connectivity index is 1.75. The molecule has 1 amide bonds. The summed E-state index contributed by atoms with van der Waals surface area (Å²) in [5.41, 5.74) is 3.91. The molecule has 1 aromatic carbocycles. The number of hydrogen-bond donors (Lipinski definition) is 0. The van der Waals surface area contributed by atoms with E-state index in [0.29, 0.717) is 19.6 Å². The number of aryl methyl sites for hydroxylation is 1. The number of hydrogen-bond acceptors (Lipinski definition) is 3. The molecule has 2 heterocycles. The number of nitrogens with zero attached hydrogens (tertiary/aromatic N) is 3. The van der Waals surface area contributed by atoms with Crippen molar-refractivity contribution in [3.8, 4) is 0 Å². The Kier molecular flexibility index (Phi) is 6.02. The fourth-order valence-corrected chi connectivity index (χ4v) is 3.71. The van der Waals surface area contributed by atoms with E-state index in [-0.39, 0.29) is 18.1 Å². The molecule has 5 nitrogen and oxygen atoms in total. The van der Waals surface area contributed by atoms with E-state index in [1.807, 2.05) is 67.6 Å². The van der Waals surface area contributed by atoms with Crippen LogP contribution in [0, 0.1) is 13.8 Å². The minimum Gasteiger partial charge on any atom is -0.372 e. The molecule has 1 aromatic heterocycles. The number of benzene rings is 1. The van der Waals surface area contributed by atoms with Crippen LogP contribution in [0.2, 0.25) is 5.02 Å². The maximum atomic E-state index is 12.6. The summed E-state index contributed by atoms with van der Waals surface area (Å²) in [5.74, 6) is 0.00894. The predicted molar refractivity (Wildman–Crippen MR) is 108 cm³/mol. The van der Waals surface area contributed by atoms with Gasteiger partial charge in [0.05, 0.1) is 24.4 Å². The normalized spacial score (nSPS) is 20.4. The zero-order chi connectivity index (χ0) is 19.6. The van der Waals surface area contributed by atoms with Gasteiger partial charge in [0.25, 0.3) is 0 Å². The SMILES string of the molecule is Cc1nn(Cc2ccccc2Cl)c(C)c1C=CC(=O)N1CC(C)OC(C)C1. The standard InChI is InChI=1S/C21H26ClN3O2/c1-14-11-24(12-15(2)27-14)21(26)10-9-19-16(3)23-25(17(19)4)13-18-7-5-6-8-20(18)22/h5-10,14-15H,11-13H2,1-4H3. The maximum absolute atomic E-state index is 12.6. The average molecular weight is 388 g/mol. The van der Waals surface area contributed by atoms with Gasteiger partial charge < -0.3 is 9.64 Å². The molecule has 1 saturated heterocycles. The van der Waals surface area contributed by atoms with Gasteiger partial charge >= 0.3 is 0 Å².